The van der Waals surface area contributed by atoms with E-state index in [9.17, 15) is 0 Å². The summed E-state index contributed by atoms with van der Waals surface area (Å²) in [5.41, 5.74) is 0.298. The molecule has 58 valence electrons. The highest BCUT2D eigenvalue weighted by atomic mass is 35.5. The quantitative estimate of drug-likeness (QED) is 0.596. The van der Waals surface area contributed by atoms with Gasteiger partial charge < -0.3 is 0 Å². The van der Waals surface area contributed by atoms with Crippen LogP contribution in [0.15, 0.2) is 12.3 Å². The number of aromatic nitrogens is 4. The predicted molar refractivity (Wildman–Crippen MR) is 40.5 cm³/mol. The van der Waals surface area contributed by atoms with Crippen molar-refractivity contribution in [2.45, 2.75) is 0 Å². The van der Waals surface area contributed by atoms with Gasteiger partial charge in [-0.05, 0) is 17.7 Å². The minimum absolute atomic E-state index is 0.238. The van der Waals surface area contributed by atoms with Crippen LogP contribution < -0.4 is 0 Å². The molecule has 0 saturated heterocycles. The molecule has 2 aromatic heterocycles. The van der Waals surface area contributed by atoms with Crippen LogP contribution in [0.25, 0.3) is 5.78 Å². The van der Waals surface area contributed by atoms with Crippen LogP contribution in [0.3, 0.4) is 0 Å². The van der Waals surface area contributed by atoms with Gasteiger partial charge in [-0.2, -0.15) is 10.2 Å². The molecule has 0 aliphatic carbocycles. The van der Waals surface area contributed by atoms with Crippen molar-refractivity contribution in [3.63, 3.8) is 0 Å². The Kier molecular flexibility index (Phi) is 1.42. The lowest BCUT2D eigenvalue weighted by Crippen LogP contribution is -1.90. The van der Waals surface area contributed by atoms with E-state index in [4.69, 9.17) is 16.9 Å². The van der Waals surface area contributed by atoms with E-state index in [0.29, 0.717) is 11.5 Å². The summed E-state index contributed by atoms with van der Waals surface area (Å²) in [6, 6.07) is 3.44. The van der Waals surface area contributed by atoms with Crippen molar-refractivity contribution >= 4 is 17.4 Å². The Hall–Kier alpha value is -1.67. The highest BCUT2D eigenvalue weighted by Crippen LogP contribution is 2.06. The lowest BCUT2D eigenvalue weighted by atomic mass is 10.4. The van der Waals surface area contributed by atoms with Gasteiger partial charge >= 0.3 is 0 Å². The molecule has 0 unspecified atom stereocenters. The second-order valence-corrected chi connectivity index (χ2v) is 2.40. The van der Waals surface area contributed by atoms with Crippen LogP contribution in [-0.2, 0) is 0 Å². The second kappa shape index (κ2) is 2.43. The summed E-state index contributed by atoms with van der Waals surface area (Å²) in [5, 5.41) is 16.0. The fraction of sp³-hybridized carbons (Fsp3) is 0. The van der Waals surface area contributed by atoms with Gasteiger partial charge in [-0.15, -0.1) is 10.2 Å². The molecule has 0 aromatic carbocycles. The van der Waals surface area contributed by atoms with E-state index >= 15 is 0 Å². The first-order valence-electron chi connectivity index (χ1n) is 3.08. The first-order chi connectivity index (χ1) is 5.81. The third-order valence-corrected chi connectivity index (χ3v) is 1.61. The fourth-order valence-corrected chi connectivity index (χ4v) is 0.991. The standard InChI is InChI=1S/C6H2ClN5/c7-5-10-11-6-9-4(3-8)1-2-12(5)6/h1-2H. The van der Waals surface area contributed by atoms with Crippen LogP contribution >= 0.6 is 11.6 Å². The van der Waals surface area contributed by atoms with Crippen LogP contribution in [0, 0.1) is 11.3 Å². The van der Waals surface area contributed by atoms with E-state index in [-0.39, 0.29) is 5.28 Å². The molecular formula is C6H2ClN5. The van der Waals surface area contributed by atoms with Crippen molar-refractivity contribution in [1.82, 2.24) is 19.6 Å². The van der Waals surface area contributed by atoms with Crippen molar-refractivity contribution < 1.29 is 0 Å². The molecule has 0 radical (unpaired) electrons. The molecule has 12 heavy (non-hydrogen) atoms. The Labute approximate surface area is 72.2 Å². The van der Waals surface area contributed by atoms with Crippen molar-refractivity contribution in [1.29, 1.82) is 5.26 Å². The van der Waals surface area contributed by atoms with E-state index in [0.717, 1.165) is 0 Å². The zero-order valence-electron chi connectivity index (χ0n) is 5.77. The Bertz CT molecular complexity index is 468. The number of nitrogens with zero attached hydrogens (tertiary/aromatic N) is 5. The molecule has 2 heterocycles. The number of hydrogen-bond acceptors (Lipinski definition) is 4. The highest BCUT2D eigenvalue weighted by Gasteiger charge is 2.03. The minimum Gasteiger partial charge on any atom is -0.257 e. The monoisotopic (exact) mass is 179 g/mol. The molecule has 0 amide bonds. The number of hydrogen-bond donors (Lipinski definition) is 0. The largest absolute Gasteiger partial charge is 0.257 e. The van der Waals surface area contributed by atoms with Crippen molar-refractivity contribution in [3.8, 4) is 6.07 Å². The van der Waals surface area contributed by atoms with Gasteiger partial charge in [0.15, 0.2) is 0 Å². The third kappa shape index (κ3) is 0.898. The lowest BCUT2D eigenvalue weighted by Gasteiger charge is -1.90. The number of fused-ring (bicyclic) bond motifs is 1. The summed E-state index contributed by atoms with van der Waals surface area (Å²) < 4.78 is 1.49. The molecule has 2 rings (SSSR count). The van der Waals surface area contributed by atoms with Crippen molar-refractivity contribution in [2.24, 2.45) is 0 Å². The molecule has 6 heteroatoms. The molecule has 0 N–H and O–H groups in total. The lowest BCUT2D eigenvalue weighted by molar-refractivity contribution is 1.09. The fourth-order valence-electron chi connectivity index (χ4n) is 0.822. The van der Waals surface area contributed by atoms with Gasteiger partial charge in [0.25, 0.3) is 5.78 Å². The van der Waals surface area contributed by atoms with E-state index in [1.165, 1.54) is 4.40 Å². The summed E-state index contributed by atoms with van der Waals surface area (Å²) >= 11 is 5.63. The third-order valence-electron chi connectivity index (χ3n) is 1.35. The molecule has 0 aliphatic heterocycles. The maximum Gasteiger partial charge on any atom is 0.257 e. The van der Waals surface area contributed by atoms with E-state index < -0.39 is 0 Å². The molecule has 0 bridgehead atoms. The first kappa shape index (κ1) is 7.00. The van der Waals surface area contributed by atoms with Crippen LogP contribution in [0.2, 0.25) is 5.28 Å². The first-order valence-corrected chi connectivity index (χ1v) is 3.46. The van der Waals surface area contributed by atoms with Gasteiger partial charge in [-0.25, -0.2) is 0 Å². The Morgan fingerprint density at radius 3 is 3.08 bits per heavy atom. The SMILES string of the molecule is N#Cc1ccn2c(Cl)nnc2n1. The number of nitriles is 1. The highest BCUT2D eigenvalue weighted by molar-refractivity contribution is 6.28. The van der Waals surface area contributed by atoms with Gasteiger partial charge in [0.05, 0.1) is 0 Å². The maximum absolute atomic E-state index is 8.50. The molecule has 5 nitrogen and oxygen atoms in total. The molecule has 2 aromatic rings. The zero-order valence-corrected chi connectivity index (χ0v) is 6.52. The van der Waals surface area contributed by atoms with E-state index in [1.54, 1.807) is 12.3 Å². The molecule has 0 atom stereocenters. The summed E-state index contributed by atoms with van der Waals surface area (Å²) in [7, 11) is 0. The average Bonchev–Trinajstić information content (AvgIpc) is 2.47. The van der Waals surface area contributed by atoms with Crippen molar-refractivity contribution in [2.75, 3.05) is 0 Å². The van der Waals surface area contributed by atoms with Gasteiger partial charge in [-0.3, -0.25) is 4.40 Å². The Balaban J connectivity index is 2.80. The smallest absolute Gasteiger partial charge is 0.257 e. The minimum atomic E-state index is 0.238. The summed E-state index contributed by atoms with van der Waals surface area (Å²) in [6.45, 7) is 0. The summed E-state index contributed by atoms with van der Waals surface area (Å²) in [6.07, 6.45) is 1.60. The predicted octanol–water partition coefficient (Wildman–Crippen LogP) is 0.649. The van der Waals surface area contributed by atoms with Gasteiger partial charge in [0, 0.05) is 6.20 Å². The van der Waals surface area contributed by atoms with Crippen LogP contribution in [0.4, 0.5) is 0 Å². The molecule has 0 saturated carbocycles. The van der Waals surface area contributed by atoms with Gasteiger partial charge in [0.1, 0.15) is 11.8 Å². The van der Waals surface area contributed by atoms with E-state index in [2.05, 4.69) is 15.2 Å². The van der Waals surface area contributed by atoms with Crippen LogP contribution in [0.5, 0.6) is 0 Å². The molecular weight excluding hydrogens is 178 g/mol. The number of halogens is 1. The summed E-state index contributed by atoms with van der Waals surface area (Å²) in [4.78, 5) is 3.86. The van der Waals surface area contributed by atoms with Crippen molar-refractivity contribution in [3.05, 3.63) is 23.2 Å². The van der Waals surface area contributed by atoms with Crippen LogP contribution in [-0.4, -0.2) is 19.6 Å². The number of rotatable bonds is 0. The topological polar surface area (TPSA) is 66.9 Å². The van der Waals surface area contributed by atoms with E-state index in [1.807, 2.05) is 6.07 Å². The Morgan fingerprint density at radius 2 is 2.33 bits per heavy atom. The maximum atomic E-state index is 8.50. The zero-order chi connectivity index (χ0) is 8.55. The Morgan fingerprint density at radius 1 is 1.50 bits per heavy atom. The molecule has 0 spiro atoms. The van der Waals surface area contributed by atoms with Crippen LogP contribution in [0.1, 0.15) is 5.69 Å². The molecule has 0 aliphatic rings. The van der Waals surface area contributed by atoms with Gasteiger partial charge in [0.2, 0.25) is 5.28 Å². The summed E-state index contributed by atoms with van der Waals surface area (Å²) in [5.74, 6) is 0.332. The van der Waals surface area contributed by atoms with Gasteiger partial charge in [-0.1, -0.05) is 0 Å². The molecule has 0 fully saturated rings. The normalized spacial score (nSPS) is 10.0. The average molecular weight is 180 g/mol. The second-order valence-electron chi connectivity index (χ2n) is 2.06.